The van der Waals surface area contributed by atoms with Gasteiger partial charge in [-0.1, -0.05) is 17.7 Å². The first kappa shape index (κ1) is 14.7. The normalized spacial score (nSPS) is 18.6. The van der Waals surface area contributed by atoms with Crippen LogP contribution in [-0.4, -0.2) is 36.4 Å². The molecule has 0 saturated carbocycles. The number of likely N-dealkylation sites (tertiary alicyclic amines) is 1. The van der Waals surface area contributed by atoms with Crippen molar-refractivity contribution in [3.8, 4) is 5.75 Å². The second-order valence-corrected chi connectivity index (χ2v) is 5.26. The highest BCUT2D eigenvalue weighted by molar-refractivity contribution is 6.30. The van der Waals surface area contributed by atoms with E-state index in [0.29, 0.717) is 23.9 Å². The lowest BCUT2D eigenvalue weighted by molar-refractivity contribution is -0.136. The fraction of sp³-hybridized carbons (Fsp3) is 0.429. The number of hydrogen-bond acceptors (Lipinski definition) is 3. The molecule has 108 valence electrons. The largest absolute Gasteiger partial charge is 0.484 e. The minimum Gasteiger partial charge on any atom is -0.484 e. The molecule has 1 aromatic carbocycles. The van der Waals surface area contributed by atoms with E-state index in [1.54, 1.807) is 29.2 Å². The van der Waals surface area contributed by atoms with Crippen LogP contribution in [-0.2, 0) is 9.59 Å². The fourth-order valence-electron chi connectivity index (χ4n) is 2.23. The van der Waals surface area contributed by atoms with Crippen molar-refractivity contribution in [1.82, 2.24) is 4.90 Å². The number of rotatable bonds is 4. The summed E-state index contributed by atoms with van der Waals surface area (Å²) in [5, 5.41) is 0.557. The Bertz CT molecular complexity index is 507. The Balaban J connectivity index is 1.87. The summed E-state index contributed by atoms with van der Waals surface area (Å²) in [7, 11) is 0. The van der Waals surface area contributed by atoms with Gasteiger partial charge in [0.2, 0.25) is 5.91 Å². The maximum Gasteiger partial charge on any atom is 0.260 e. The molecule has 0 aliphatic carbocycles. The van der Waals surface area contributed by atoms with E-state index in [-0.39, 0.29) is 24.3 Å². The van der Waals surface area contributed by atoms with Gasteiger partial charge in [-0.25, -0.2) is 0 Å². The maximum absolute atomic E-state index is 12.0. The smallest absolute Gasteiger partial charge is 0.260 e. The molecule has 1 aliphatic rings. The Kier molecular flexibility index (Phi) is 4.84. The number of carbonyl (C=O) groups is 2. The van der Waals surface area contributed by atoms with E-state index >= 15 is 0 Å². The van der Waals surface area contributed by atoms with E-state index in [0.717, 1.165) is 12.8 Å². The van der Waals surface area contributed by atoms with Gasteiger partial charge in [0.25, 0.3) is 5.91 Å². The molecule has 1 fully saturated rings. The summed E-state index contributed by atoms with van der Waals surface area (Å²) < 4.78 is 5.41. The van der Waals surface area contributed by atoms with Crippen molar-refractivity contribution in [2.75, 3.05) is 19.7 Å². The van der Waals surface area contributed by atoms with Crippen molar-refractivity contribution in [2.24, 2.45) is 11.7 Å². The van der Waals surface area contributed by atoms with Crippen LogP contribution in [0.5, 0.6) is 5.75 Å². The zero-order valence-electron chi connectivity index (χ0n) is 11.0. The third-order valence-corrected chi connectivity index (χ3v) is 3.57. The monoisotopic (exact) mass is 296 g/mol. The Morgan fingerprint density at radius 1 is 1.45 bits per heavy atom. The molecule has 1 saturated heterocycles. The van der Waals surface area contributed by atoms with E-state index < -0.39 is 0 Å². The summed E-state index contributed by atoms with van der Waals surface area (Å²) in [4.78, 5) is 24.8. The number of amides is 2. The van der Waals surface area contributed by atoms with Gasteiger partial charge in [0.1, 0.15) is 5.75 Å². The first-order chi connectivity index (χ1) is 9.56. The number of hydrogen-bond donors (Lipinski definition) is 1. The summed E-state index contributed by atoms with van der Waals surface area (Å²) in [6.45, 7) is 0.959. The van der Waals surface area contributed by atoms with E-state index in [1.165, 1.54) is 0 Å². The highest BCUT2D eigenvalue weighted by Gasteiger charge is 2.26. The van der Waals surface area contributed by atoms with Crippen molar-refractivity contribution < 1.29 is 14.3 Å². The third-order valence-electron chi connectivity index (χ3n) is 3.33. The molecule has 1 aliphatic heterocycles. The molecule has 5 nitrogen and oxygen atoms in total. The van der Waals surface area contributed by atoms with Gasteiger partial charge in [0.05, 0.1) is 5.92 Å². The molecule has 20 heavy (non-hydrogen) atoms. The van der Waals surface area contributed by atoms with Gasteiger partial charge in [0, 0.05) is 18.1 Å². The fourth-order valence-corrected chi connectivity index (χ4v) is 2.41. The molecule has 1 aromatic rings. The Morgan fingerprint density at radius 2 is 2.25 bits per heavy atom. The molecule has 2 amide bonds. The van der Waals surface area contributed by atoms with Gasteiger partial charge < -0.3 is 15.4 Å². The number of nitrogens with two attached hydrogens (primary N) is 1. The highest BCUT2D eigenvalue weighted by Crippen LogP contribution is 2.18. The van der Waals surface area contributed by atoms with E-state index in [2.05, 4.69) is 0 Å². The van der Waals surface area contributed by atoms with Gasteiger partial charge in [-0.05, 0) is 31.0 Å². The maximum atomic E-state index is 12.0. The molecule has 0 unspecified atom stereocenters. The van der Waals surface area contributed by atoms with Crippen molar-refractivity contribution in [2.45, 2.75) is 12.8 Å². The number of piperidine rings is 1. The predicted molar refractivity (Wildman–Crippen MR) is 75.4 cm³/mol. The second-order valence-electron chi connectivity index (χ2n) is 4.83. The summed E-state index contributed by atoms with van der Waals surface area (Å²) in [6, 6.07) is 6.88. The third kappa shape index (κ3) is 3.87. The molecule has 0 bridgehead atoms. The number of primary amides is 1. The molecule has 1 atom stereocenters. The van der Waals surface area contributed by atoms with E-state index in [4.69, 9.17) is 22.1 Å². The lowest BCUT2D eigenvalue weighted by Gasteiger charge is -2.31. The standard InChI is InChI=1S/C14H17ClN2O3/c15-11-4-1-5-12(7-11)20-9-13(18)17-6-2-3-10(8-17)14(16)19/h1,4-5,7,10H,2-3,6,8-9H2,(H2,16,19)/t10-/m0/s1. The quantitative estimate of drug-likeness (QED) is 0.914. The van der Waals surface area contributed by atoms with Crippen molar-refractivity contribution in [1.29, 1.82) is 0 Å². The second kappa shape index (κ2) is 6.61. The van der Waals surface area contributed by atoms with Crippen molar-refractivity contribution in [3.05, 3.63) is 29.3 Å². The highest BCUT2D eigenvalue weighted by atomic mass is 35.5. The van der Waals surface area contributed by atoms with Crippen LogP contribution in [0.2, 0.25) is 5.02 Å². The van der Waals surface area contributed by atoms with Crippen LogP contribution in [0.1, 0.15) is 12.8 Å². The number of nitrogens with zero attached hydrogens (tertiary/aromatic N) is 1. The molecule has 2 rings (SSSR count). The minimum absolute atomic E-state index is 0.0637. The van der Waals surface area contributed by atoms with Crippen molar-refractivity contribution >= 4 is 23.4 Å². The Hall–Kier alpha value is -1.75. The van der Waals surface area contributed by atoms with Gasteiger partial charge in [-0.15, -0.1) is 0 Å². The molecule has 6 heteroatoms. The average Bonchev–Trinajstić information content (AvgIpc) is 2.45. The average molecular weight is 297 g/mol. The Morgan fingerprint density at radius 3 is 2.95 bits per heavy atom. The molecular weight excluding hydrogens is 280 g/mol. The van der Waals surface area contributed by atoms with Gasteiger partial charge in [-0.3, -0.25) is 9.59 Å². The summed E-state index contributed by atoms with van der Waals surface area (Å²) in [5.74, 6) is -0.192. The molecular formula is C14H17ClN2O3. The summed E-state index contributed by atoms with van der Waals surface area (Å²) in [5.41, 5.74) is 5.29. The van der Waals surface area contributed by atoms with E-state index in [9.17, 15) is 9.59 Å². The molecule has 1 heterocycles. The number of benzene rings is 1. The SMILES string of the molecule is NC(=O)[C@H]1CCCN(C(=O)COc2cccc(Cl)c2)C1. The van der Waals surface area contributed by atoms with Gasteiger partial charge in [-0.2, -0.15) is 0 Å². The van der Waals surface area contributed by atoms with Crippen LogP contribution in [0.4, 0.5) is 0 Å². The van der Waals surface area contributed by atoms with Crippen LogP contribution in [0.25, 0.3) is 0 Å². The van der Waals surface area contributed by atoms with Crippen LogP contribution < -0.4 is 10.5 Å². The molecule has 0 radical (unpaired) electrons. The van der Waals surface area contributed by atoms with Crippen LogP contribution in [0.3, 0.4) is 0 Å². The van der Waals surface area contributed by atoms with Crippen molar-refractivity contribution in [3.63, 3.8) is 0 Å². The van der Waals surface area contributed by atoms with Gasteiger partial charge in [0.15, 0.2) is 6.61 Å². The predicted octanol–water partition coefficient (Wildman–Crippen LogP) is 1.44. The molecule has 2 N–H and O–H groups in total. The van der Waals surface area contributed by atoms with Crippen LogP contribution >= 0.6 is 11.6 Å². The Labute approximate surface area is 122 Å². The minimum atomic E-state index is -0.349. The molecule has 0 aromatic heterocycles. The number of carbonyl (C=O) groups excluding carboxylic acids is 2. The first-order valence-electron chi connectivity index (χ1n) is 6.51. The number of halogens is 1. The number of ether oxygens (including phenoxy) is 1. The zero-order chi connectivity index (χ0) is 14.5. The lowest BCUT2D eigenvalue weighted by atomic mass is 9.97. The summed E-state index contributed by atoms with van der Waals surface area (Å²) >= 11 is 5.84. The van der Waals surface area contributed by atoms with Crippen LogP contribution in [0.15, 0.2) is 24.3 Å². The summed E-state index contributed by atoms with van der Waals surface area (Å²) in [6.07, 6.45) is 1.53. The van der Waals surface area contributed by atoms with Crippen LogP contribution in [0, 0.1) is 5.92 Å². The topological polar surface area (TPSA) is 72.6 Å². The molecule has 0 spiro atoms. The zero-order valence-corrected chi connectivity index (χ0v) is 11.8. The first-order valence-corrected chi connectivity index (χ1v) is 6.89. The van der Waals surface area contributed by atoms with E-state index in [1.807, 2.05) is 0 Å². The lowest BCUT2D eigenvalue weighted by Crippen LogP contribution is -2.45. The van der Waals surface area contributed by atoms with Gasteiger partial charge >= 0.3 is 0 Å².